The van der Waals surface area contributed by atoms with Crippen LogP contribution >= 0.6 is 0 Å². The van der Waals surface area contributed by atoms with E-state index in [-0.39, 0.29) is 11.9 Å². The average molecular weight is 196 g/mol. The first-order chi connectivity index (χ1) is 6.72. The lowest BCUT2D eigenvalue weighted by atomic mass is 10.2. The lowest BCUT2D eigenvalue weighted by molar-refractivity contribution is -0.133. The molecular formula is C11H20N2O. The van der Waals surface area contributed by atoms with Crippen LogP contribution in [0.3, 0.4) is 0 Å². The smallest absolute Gasteiger partial charge is 0.239 e. The molecule has 0 aromatic heterocycles. The molecule has 2 rings (SSSR count). The molecule has 0 heterocycles. The molecule has 2 fully saturated rings. The number of rotatable bonds is 5. The van der Waals surface area contributed by atoms with Gasteiger partial charge in [0.05, 0.1) is 6.04 Å². The summed E-state index contributed by atoms with van der Waals surface area (Å²) in [6, 6.07) is 0.259. The molecule has 2 aliphatic carbocycles. The molecule has 0 bridgehead atoms. The van der Waals surface area contributed by atoms with Gasteiger partial charge >= 0.3 is 0 Å². The molecule has 14 heavy (non-hydrogen) atoms. The van der Waals surface area contributed by atoms with Crippen LogP contribution in [-0.4, -0.2) is 29.4 Å². The molecule has 3 nitrogen and oxygen atoms in total. The quantitative estimate of drug-likeness (QED) is 0.716. The van der Waals surface area contributed by atoms with Gasteiger partial charge < -0.3 is 10.6 Å². The van der Waals surface area contributed by atoms with Crippen LogP contribution in [0.4, 0.5) is 0 Å². The summed E-state index contributed by atoms with van der Waals surface area (Å²) in [4.78, 5) is 14.0. The van der Waals surface area contributed by atoms with E-state index < -0.39 is 0 Å². The van der Waals surface area contributed by atoms with Crippen LogP contribution < -0.4 is 5.73 Å². The molecule has 2 saturated carbocycles. The normalized spacial score (nSPS) is 23.3. The summed E-state index contributed by atoms with van der Waals surface area (Å²) in [6.45, 7) is 2.95. The van der Waals surface area contributed by atoms with Crippen LogP contribution in [0.25, 0.3) is 0 Å². The van der Waals surface area contributed by atoms with Gasteiger partial charge in [-0.15, -0.1) is 0 Å². The van der Waals surface area contributed by atoms with Crippen molar-refractivity contribution in [2.24, 2.45) is 11.7 Å². The average Bonchev–Trinajstić information content (AvgIpc) is 3.02. The van der Waals surface area contributed by atoms with Crippen molar-refractivity contribution >= 4 is 5.91 Å². The van der Waals surface area contributed by atoms with E-state index in [0.29, 0.717) is 6.04 Å². The maximum atomic E-state index is 11.9. The second-order valence-corrected chi connectivity index (χ2v) is 4.68. The number of hydrogen-bond acceptors (Lipinski definition) is 2. The molecule has 3 heteroatoms. The number of carbonyl (C=O) groups is 1. The van der Waals surface area contributed by atoms with Gasteiger partial charge in [-0.3, -0.25) is 4.79 Å². The van der Waals surface area contributed by atoms with Crippen LogP contribution in [0, 0.1) is 5.92 Å². The van der Waals surface area contributed by atoms with Gasteiger partial charge in [-0.25, -0.2) is 0 Å². The van der Waals surface area contributed by atoms with Gasteiger partial charge in [0.2, 0.25) is 5.91 Å². The van der Waals surface area contributed by atoms with E-state index in [1.807, 2.05) is 11.8 Å². The molecular weight excluding hydrogens is 176 g/mol. The predicted octanol–water partition coefficient (Wildman–Crippen LogP) is 1.12. The first-order valence-corrected chi connectivity index (χ1v) is 5.78. The summed E-state index contributed by atoms with van der Waals surface area (Å²) in [5.41, 5.74) is 5.79. The maximum absolute atomic E-state index is 11.9. The van der Waals surface area contributed by atoms with Gasteiger partial charge in [0.15, 0.2) is 0 Å². The Bertz CT molecular complexity index is 221. The highest BCUT2D eigenvalue weighted by atomic mass is 16.2. The third-order valence-electron chi connectivity index (χ3n) is 3.18. The summed E-state index contributed by atoms with van der Waals surface area (Å²) in [5.74, 6) is 0.963. The highest BCUT2D eigenvalue weighted by molar-refractivity contribution is 5.82. The zero-order valence-corrected chi connectivity index (χ0v) is 8.91. The Morgan fingerprint density at radius 1 is 1.43 bits per heavy atom. The summed E-state index contributed by atoms with van der Waals surface area (Å²) in [6.07, 6.45) is 5.74. The molecule has 1 unspecified atom stereocenters. The molecule has 0 aromatic carbocycles. The summed E-state index contributed by atoms with van der Waals surface area (Å²) < 4.78 is 0. The molecule has 80 valence electrons. The molecule has 2 N–H and O–H groups in total. The van der Waals surface area contributed by atoms with Gasteiger partial charge in [-0.05, 0) is 38.0 Å². The minimum Gasteiger partial charge on any atom is -0.338 e. The highest BCUT2D eigenvalue weighted by Crippen LogP contribution is 2.35. The summed E-state index contributed by atoms with van der Waals surface area (Å²) >= 11 is 0. The first-order valence-electron chi connectivity index (χ1n) is 5.78. The van der Waals surface area contributed by atoms with Crippen LogP contribution in [0.2, 0.25) is 0 Å². The fraction of sp³-hybridized carbons (Fsp3) is 0.909. The third kappa shape index (κ3) is 2.27. The van der Waals surface area contributed by atoms with Crippen molar-refractivity contribution in [2.75, 3.05) is 6.54 Å². The molecule has 2 aliphatic rings. The van der Waals surface area contributed by atoms with E-state index in [9.17, 15) is 4.79 Å². The molecule has 0 saturated heterocycles. The van der Waals surface area contributed by atoms with Crippen molar-refractivity contribution in [1.82, 2.24) is 4.90 Å². The number of hydrogen-bond donors (Lipinski definition) is 1. The zero-order chi connectivity index (χ0) is 10.1. The van der Waals surface area contributed by atoms with Crippen molar-refractivity contribution in [2.45, 2.75) is 51.1 Å². The first kappa shape index (κ1) is 9.97. The van der Waals surface area contributed by atoms with E-state index in [0.717, 1.165) is 18.9 Å². The van der Waals surface area contributed by atoms with Gasteiger partial charge in [-0.2, -0.15) is 0 Å². The SMILES string of the molecule is CCC(N)C(=O)N(CC1CC1)C1CC1. The Hall–Kier alpha value is -0.570. The fourth-order valence-electron chi connectivity index (χ4n) is 1.77. The van der Waals surface area contributed by atoms with Crippen molar-refractivity contribution in [1.29, 1.82) is 0 Å². The molecule has 1 atom stereocenters. The Balaban J connectivity index is 1.90. The van der Waals surface area contributed by atoms with Crippen molar-refractivity contribution in [3.63, 3.8) is 0 Å². The van der Waals surface area contributed by atoms with Gasteiger partial charge in [0.25, 0.3) is 0 Å². The predicted molar refractivity (Wildman–Crippen MR) is 55.7 cm³/mol. The summed E-state index contributed by atoms with van der Waals surface area (Å²) in [7, 11) is 0. The number of amides is 1. The van der Waals surface area contributed by atoms with Gasteiger partial charge in [-0.1, -0.05) is 6.92 Å². The Kier molecular flexibility index (Phi) is 2.77. The number of nitrogens with zero attached hydrogens (tertiary/aromatic N) is 1. The molecule has 0 radical (unpaired) electrons. The fourth-order valence-corrected chi connectivity index (χ4v) is 1.77. The standard InChI is InChI=1S/C11H20N2O/c1-2-10(12)11(14)13(9-5-6-9)7-8-3-4-8/h8-10H,2-7,12H2,1H3. The van der Waals surface area contributed by atoms with Crippen LogP contribution in [-0.2, 0) is 4.79 Å². The Labute approximate surface area is 85.6 Å². The van der Waals surface area contributed by atoms with E-state index in [2.05, 4.69) is 0 Å². The molecule has 0 aliphatic heterocycles. The van der Waals surface area contributed by atoms with E-state index in [1.165, 1.54) is 25.7 Å². The zero-order valence-electron chi connectivity index (χ0n) is 8.91. The Morgan fingerprint density at radius 2 is 2.07 bits per heavy atom. The Morgan fingerprint density at radius 3 is 2.50 bits per heavy atom. The third-order valence-corrected chi connectivity index (χ3v) is 3.18. The molecule has 0 spiro atoms. The van der Waals surface area contributed by atoms with Crippen molar-refractivity contribution in [3.05, 3.63) is 0 Å². The number of nitrogens with two attached hydrogens (primary N) is 1. The summed E-state index contributed by atoms with van der Waals surface area (Å²) in [5, 5.41) is 0. The highest BCUT2D eigenvalue weighted by Gasteiger charge is 2.37. The van der Waals surface area contributed by atoms with Gasteiger partial charge in [0.1, 0.15) is 0 Å². The lowest BCUT2D eigenvalue weighted by Gasteiger charge is -2.25. The lowest BCUT2D eigenvalue weighted by Crippen LogP contribution is -2.45. The van der Waals surface area contributed by atoms with Crippen LogP contribution in [0.15, 0.2) is 0 Å². The molecule has 1 amide bonds. The second kappa shape index (κ2) is 3.89. The monoisotopic (exact) mass is 196 g/mol. The van der Waals surface area contributed by atoms with Gasteiger partial charge in [0, 0.05) is 12.6 Å². The topological polar surface area (TPSA) is 46.3 Å². The van der Waals surface area contributed by atoms with Crippen LogP contribution in [0.1, 0.15) is 39.0 Å². The minimum atomic E-state index is -0.269. The van der Waals surface area contributed by atoms with Crippen molar-refractivity contribution < 1.29 is 4.79 Å². The minimum absolute atomic E-state index is 0.182. The van der Waals surface area contributed by atoms with E-state index >= 15 is 0 Å². The largest absolute Gasteiger partial charge is 0.338 e. The second-order valence-electron chi connectivity index (χ2n) is 4.68. The maximum Gasteiger partial charge on any atom is 0.239 e. The number of carbonyl (C=O) groups excluding carboxylic acids is 1. The van der Waals surface area contributed by atoms with Crippen LogP contribution in [0.5, 0.6) is 0 Å². The van der Waals surface area contributed by atoms with E-state index in [1.54, 1.807) is 0 Å². The van der Waals surface area contributed by atoms with Crippen molar-refractivity contribution in [3.8, 4) is 0 Å². The molecule has 0 aromatic rings. The van der Waals surface area contributed by atoms with E-state index in [4.69, 9.17) is 5.73 Å².